The third kappa shape index (κ3) is 1.50. The Hall–Kier alpha value is -2.19. The number of nitriles is 1. The summed E-state index contributed by atoms with van der Waals surface area (Å²) in [6.07, 6.45) is 0. The fraction of sp³-hybridized carbons (Fsp3) is 0.154. The first-order chi connectivity index (χ1) is 8.72. The number of rotatable bonds is 2. The molecule has 0 radical (unpaired) electrons. The minimum atomic E-state index is -0.0535. The van der Waals surface area contributed by atoms with Gasteiger partial charge in [0.25, 0.3) is 0 Å². The van der Waals surface area contributed by atoms with Crippen LogP contribution < -0.4 is 10.1 Å². The van der Waals surface area contributed by atoms with Gasteiger partial charge in [-0.25, -0.2) is 0 Å². The van der Waals surface area contributed by atoms with E-state index in [1.807, 2.05) is 12.1 Å². The van der Waals surface area contributed by atoms with Crippen molar-refractivity contribution in [2.45, 2.75) is 6.04 Å². The molecule has 1 unspecified atom stereocenters. The van der Waals surface area contributed by atoms with Crippen molar-refractivity contribution in [2.75, 3.05) is 12.4 Å². The van der Waals surface area contributed by atoms with Crippen molar-refractivity contribution in [1.82, 2.24) is 0 Å². The lowest BCUT2D eigenvalue weighted by Crippen LogP contribution is -2.21. The molecule has 0 fully saturated rings. The topological polar surface area (TPSA) is 65.3 Å². The number of benzene rings is 1. The van der Waals surface area contributed by atoms with Crippen LogP contribution in [0.5, 0.6) is 11.5 Å². The first kappa shape index (κ1) is 10.9. The maximum Gasteiger partial charge on any atom is 0.121 e. The molecule has 2 aromatic rings. The third-order valence-electron chi connectivity index (χ3n) is 2.98. The molecule has 0 saturated heterocycles. The first-order valence-corrected chi connectivity index (χ1v) is 6.22. The molecular formula is C13H10N2O2S. The minimum Gasteiger partial charge on any atom is -0.508 e. The average Bonchev–Trinajstić information content (AvgIpc) is 2.69. The average molecular weight is 258 g/mol. The Morgan fingerprint density at radius 2 is 2.28 bits per heavy atom. The Kier molecular flexibility index (Phi) is 2.39. The lowest BCUT2D eigenvalue weighted by Gasteiger charge is -2.29. The Bertz CT molecular complexity index is 657. The van der Waals surface area contributed by atoms with Crippen LogP contribution in [0.15, 0.2) is 24.3 Å². The van der Waals surface area contributed by atoms with Crippen molar-refractivity contribution >= 4 is 17.0 Å². The summed E-state index contributed by atoms with van der Waals surface area (Å²) in [5.41, 5.74) is 1.75. The SMILES string of the molecule is COc1ccc(O)c(C2Nc3cc(C#N)sc32)c1. The van der Waals surface area contributed by atoms with E-state index in [2.05, 4.69) is 11.4 Å². The molecule has 0 bridgehead atoms. The van der Waals surface area contributed by atoms with Crippen LogP contribution in [0.25, 0.3) is 0 Å². The predicted molar refractivity (Wildman–Crippen MR) is 69.2 cm³/mol. The van der Waals surface area contributed by atoms with E-state index in [1.165, 1.54) is 11.3 Å². The van der Waals surface area contributed by atoms with Crippen molar-refractivity contribution in [3.05, 3.63) is 39.6 Å². The minimum absolute atomic E-state index is 0.0535. The van der Waals surface area contributed by atoms with Crippen LogP contribution in [0.4, 0.5) is 5.69 Å². The highest BCUT2D eigenvalue weighted by molar-refractivity contribution is 7.13. The molecule has 5 heteroatoms. The zero-order valence-corrected chi connectivity index (χ0v) is 10.4. The number of nitrogens with one attached hydrogen (secondary N) is 1. The second-order valence-electron chi connectivity index (χ2n) is 4.00. The summed E-state index contributed by atoms with van der Waals surface area (Å²) >= 11 is 1.45. The maximum absolute atomic E-state index is 9.90. The van der Waals surface area contributed by atoms with Gasteiger partial charge in [0.2, 0.25) is 0 Å². The number of ether oxygens (including phenoxy) is 1. The van der Waals surface area contributed by atoms with Gasteiger partial charge in [0, 0.05) is 5.56 Å². The monoisotopic (exact) mass is 258 g/mol. The molecule has 1 aliphatic rings. The normalized spacial score (nSPS) is 16.1. The van der Waals surface area contributed by atoms with Crippen LogP contribution in [0.3, 0.4) is 0 Å². The summed E-state index contributed by atoms with van der Waals surface area (Å²) in [6.45, 7) is 0. The Morgan fingerprint density at radius 1 is 1.44 bits per heavy atom. The summed E-state index contributed by atoms with van der Waals surface area (Å²) < 4.78 is 5.16. The van der Waals surface area contributed by atoms with E-state index in [9.17, 15) is 5.11 Å². The van der Waals surface area contributed by atoms with Crippen molar-refractivity contribution in [1.29, 1.82) is 5.26 Å². The molecule has 2 heterocycles. The first-order valence-electron chi connectivity index (χ1n) is 5.40. The Labute approximate surface area is 108 Å². The summed E-state index contributed by atoms with van der Waals surface area (Å²) in [7, 11) is 1.59. The molecule has 0 aliphatic carbocycles. The van der Waals surface area contributed by atoms with Crippen LogP contribution in [-0.2, 0) is 0 Å². The van der Waals surface area contributed by atoms with Gasteiger partial charge < -0.3 is 15.2 Å². The molecule has 4 nitrogen and oxygen atoms in total. The van der Waals surface area contributed by atoms with Gasteiger partial charge in [0.15, 0.2) is 0 Å². The van der Waals surface area contributed by atoms with E-state index in [4.69, 9.17) is 10.00 Å². The van der Waals surface area contributed by atoms with E-state index < -0.39 is 0 Å². The number of phenolic OH excluding ortho intramolecular Hbond substituents is 1. The fourth-order valence-corrected chi connectivity index (χ4v) is 3.03. The van der Waals surface area contributed by atoms with Gasteiger partial charge in [-0.15, -0.1) is 11.3 Å². The number of anilines is 1. The van der Waals surface area contributed by atoms with Gasteiger partial charge >= 0.3 is 0 Å². The third-order valence-corrected chi connectivity index (χ3v) is 4.08. The number of nitrogens with zero attached hydrogens (tertiary/aromatic N) is 1. The summed E-state index contributed by atoms with van der Waals surface area (Å²) in [5.74, 6) is 0.931. The molecule has 90 valence electrons. The van der Waals surface area contributed by atoms with Gasteiger partial charge in [-0.3, -0.25) is 0 Å². The number of methoxy groups -OCH3 is 1. The van der Waals surface area contributed by atoms with Gasteiger partial charge in [-0.1, -0.05) is 0 Å². The zero-order chi connectivity index (χ0) is 12.7. The number of hydrogen-bond donors (Lipinski definition) is 2. The fourth-order valence-electron chi connectivity index (χ4n) is 2.04. The number of thiophene rings is 1. The van der Waals surface area contributed by atoms with Crippen LogP contribution in [0.2, 0.25) is 0 Å². The van der Waals surface area contributed by atoms with Crippen LogP contribution in [-0.4, -0.2) is 12.2 Å². The van der Waals surface area contributed by atoms with Gasteiger partial charge in [0.1, 0.15) is 22.4 Å². The molecule has 1 atom stereocenters. The number of hydrogen-bond acceptors (Lipinski definition) is 5. The molecule has 1 aromatic heterocycles. The highest BCUT2D eigenvalue weighted by atomic mass is 32.1. The van der Waals surface area contributed by atoms with Crippen molar-refractivity contribution < 1.29 is 9.84 Å². The second kappa shape index (κ2) is 3.93. The molecule has 2 N–H and O–H groups in total. The molecule has 3 rings (SSSR count). The smallest absolute Gasteiger partial charge is 0.121 e. The Morgan fingerprint density at radius 3 is 3.00 bits per heavy atom. The number of aromatic hydroxyl groups is 1. The van der Waals surface area contributed by atoms with Gasteiger partial charge in [0.05, 0.1) is 23.7 Å². The highest BCUT2D eigenvalue weighted by Crippen LogP contribution is 2.48. The summed E-state index contributed by atoms with van der Waals surface area (Å²) in [4.78, 5) is 1.76. The number of phenols is 1. The lowest BCUT2D eigenvalue weighted by molar-refractivity contribution is 0.410. The van der Waals surface area contributed by atoms with E-state index in [0.717, 1.165) is 16.1 Å². The second-order valence-corrected chi connectivity index (χ2v) is 5.09. The predicted octanol–water partition coefficient (Wildman–Crippen LogP) is 2.85. The molecular weight excluding hydrogens is 248 g/mol. The molecule has 1 aromatic carbocycles. The van der Waals surface area contributed by atoms with E-state index in [0.29, 0.717) is 10.6 Å². The molecule has 0 amide bonds. The summed E-state index contributed by atoms with van der Waals surface area (Å²) in [6, 6.07) is 9.04. The van der Waals surface area contributed by atoms with E-state index >= 15 is 0 Å². The largest absolute Gasteiger partial charge is 0.508 e. The standard InChI is InChI=1S/C13H10N2O2S/c1-17-7-2-3-11(16)9(4-7)12-13-10(15-12)5-8(6-14)18-13/h2-5,12,15-16H,1H3. The Balaban J connectivity index is 2.01. The van der Waals surface area contributed by atoms with Crippen LogP contribution in [0.1, 0.15) is 21.4 Å². The van der Waals surface area contributed by atoms with Gasteiger partial charge in [-0.05, 0) is 24.3 Å². The summed E-state index contributed by atoms with van der Waals surface area (Å²) in [5, 5.41) is 22.0. The highest BCUT2D eigenvalue weighted by Gasteiger charge is 2.32. The number of fused-ring (bicyclic) bond motifs is 1. The van der Waals surface area contributed by atoms with Crippen LogP contribution >= 0.6 is 11.3 Å². The van der Waals surface area contributed by atoms with Crippen molar-refractivity contribution in [2.24, 2.45) is 0 Å². The molecule has 0 saturated carbocycles. The molecule has 0 spiro atoms. The lowest BCUT2D eigenvalue weighted by atomic mass is 9.97. The van der Waals surface area contributed by atoms with Crippen molar-refractivity contribution in [3.63, 3.8) is 0 Å². The molecule has 1 aliphatic heterocycles. The molecule has 18 heavy (non-hydrogen) atoms. The van der Waals surface area contributed by atoms with Gasteiger partial charge in [-0.2, -0.15) is 5.26 Å². The zero-order valence-electron chi connectivity index (χ0n) is 9.60. The maximum atomic E-state index is 9.90. The van der Waals surface area contributed by atoms with Crippen LogP contribution in [0, 0.1) is 11.3 Å². The van der Waals surface area contributed by atoms with Crippen molar-refractivity contribution in [3.8, 4) is 17.6 Å². The van der Waals surface area contributed by atoms with E-state index in [-0.39, 0.29) is 11.8 Å². The quantitative estimate of drug-likeness (QED) is 0.869. The van der Waals surface area contributed by atoms with E-state index in [1.54, 1.807) is 19.2 Å².